The molecule has 1 aromatic rings. The first-order valence-electron chi connectivity index (χ1n) is 6.60. The van der Waals surface area contributed by atoms with E-state index in [2.05, 4.69) is 0 Å². The number of hydrogen-bond acceptors (Lipinski definition) is 5. The fourth-order valence-electron chi connectivity index (χ4n) is 2.47. The van der Waals surface area contributed by atoms with Crippen LogP contribution in [-0.4, -0.2) is 53.6 Å². The summed E-state index contributed by atoms with van der Waals surface area (Å²) in [4.78, 5) is 24.8. The van der Waals surface area contributed by atoms with Crippen molar-refractivity contribution in [2.75, 3.05) is 37.6 Å². The van der Waals surface area contributed by atoms with Crippen LogP contribution in [0.5, 0.6) is 0 Å². The number of nitro benzene ring substituents is 1. The van der Waals surface area contributed by atoms with E-state index in [0.717, 1.165) is 6.07 Å². The molecule has 1 aromatic carbocycles. The number of benzene rings is 1. The third-order valence-electron chi connectivity index (χ3n) is 3.42. The Kier molecular flexibility index (Phi) is 4.69. The lowest BCUT2D eigenvalue weighted by molar-refractivity contribution is -0.384. The highest BCUT2D eigenvalue weighted by Gasteiger charge is 2.23. The van der Waals surface area contributed by atoms with Gasteiger partial charge >= 0.3 is 5.97 Å². The number of aliphatic carboxylic acids is 1. The first kappa shape index (κ1) is 15.2. The van der Waals surface area contributed by atoms with Gasteiger partial charge in [0, 0.05) is 26.2 Å². The standard InChI is InChI=1S/C13H16FN3O4/c14-10-2-3-11(12(8-10)17(20)21)16-5-1-4-15(6-7-16)9-13(18)19/h2-3,8H,1,4-7,9H2,(H,18,19). The number of nitro groups is 1. The first-order chi connectivity index (χ1) is 9.97. The number of anilines is 1. The van der Waals surface area contributed by atoms with Crippen molar-refractivity contribution in [2.45, 2.75) is 6.42 Å². The van der Waals surface area contributed by atoms with Crippen molar-refractivity contribution in [2.24, 2.45) is 0 Å². The smallest absolute Gasteiger partial charge is 0.317 e. The summed E-state index contributed by atoms with van der Waals surface area (Å²) < 4.78 is 13.2. The molecular formula is C13H16FN3O4. The van der Waals surface area contributed by atoms with Gasteiger partial charge in [0.25, 0.3) is 5.69 Å². The van der Waals surface area contributed by atoms with Crippen LogP contribution in [0.1, 0.15) is 6.42 Å². The van der Waals surface area contributed by atoms with E-state index in [0.29, 0.717) is 38.3 Å². The predicted molar refractivity (Wildman–Crippen MR) is 74.0 cm³/mol. The maximum Gasteiger partial charge on any atom is 0.317 e. The monoisotopic (exact) mass is 297 g/mol. The van der Waals surface area contributed by atoms with Gasteiger partial charge in [0.05, 0.1) is 17.5 Å². The van der Waals surface area contributed by atoms with Crippen molar-refractivity contribution in [3.05, 3.63) is 34.1 Å². The molecule has 7 nitrogen and oxygen atoms in total. The van der Waals surface area contributed by atoms with Gasteiger partial charge in [-0.05, 0) is 18.6 Å². The Morgan fingerprint density at radius 3 is 2.76 bits per heavy atom. The number of hydrogen-bond donors (Lipinski definition) is 1. The second-order valence-electron chi connectivity index (χ2n) is 4.90. The zero-order valence-corrected chi connectivity index (χ0v) is 11.4. The number of halogens is 1. The van der Waals surface area contributed by atoms with Crippen LogP contribution >= 0.6 is 0 Å². The molecule has 114 valence electrons. The number of carboxylic acid groups (broad SMARTS) is 1. The van der Waals surface area contributed by atoms with Crippen LogP contribution < -0.4 is 4.90 Å². The Bertz CT molecular complexity index is 552. The molecule has 0 saturated carbocycles. The van der Waals surface area contributed by atoms with E-state index in [1.807, 2.05) is 0 Å². The summed E-state index contributed by atoms with van der Waals surface area (Å²) in [6.07, 6.45) is 0.696. The molecule has 0 aromatic heterocycles. The minimum absolute atomic E-state index is 0.0423. The minimum Gasteiger partial charge on any atom is -0.480 e. The van der Waals surface area contributed by atoms with Crippen LogP contribution in [0.25, 0.3) is 0 Å². The number of nitrogens with zero attached hydrogens (tertiary/aromatic N) is 3. The van der Waals surface area contributed by atoms with Crippen LogP contribution in [0, 0.1) is 15.9 Å². The molecule has 1 fully saturated rings. The fourth-order valence-corrected chi connectivity index (χ4v) is 2.47. The van der Waals surface area contributed by atoms with Crippen molar-refractivity contribution in [3.8, 4) is 0 Å². The molecule has 21 heavy (non-hydrogen) atoms. The Labute approximate surface area is 120 Å². The molecular weight excluding hydrogens is 281 g/mol. The predicted octanol–water partition coefficient (Wildman–Crippen LogP) is 1.33. The summed E-state index contributed by atoms with van der Waals surface area (Å²) >= 11 is 0. The highest BCUT2D eigenvalue weighted by molar-refractivity contribution is 5.69. The van der Waals surface area contributed by atoms with E-state index < -0.39 is 16.7 Å². The van der Waals surface area contributed by atoms with Crippen molar-refractivity contribution < 1.29 is 19.2 Å². The highest BCUT2D eigenvalue weighted by atomic mass is 19.1. The zero-order chi connectivity index (χ0) is 15.4. The largest absolute Gasteiger partial charge is 0.480 e. The average Bonchev–Trinajstić information content (AvgIpc) is 2.63. The maximum atomic E-state index is 13.2. The van der Waals surface area contributed by atoms with Gasteiger partial charge < -0.3 is 10.0 Å². The normalized spacial score (nSPS) is 16.5. The fraction of sp³-hybridized carbons (Fsp3) is 0.462. The summed E-state index contributed by atoms with van der Waals surface area (Å²) in [5, 5.41) is 19.8. The van der Waals surface area contributed by atoms with Crippen molar-refractivity contribution in [3.63, 3.8) is 0 Å². The Morgan fingerprint density at radius 2 is 2.10 bits per heavy atom. The molecule has 1 N–H and O–H groups in total. The van der Waals surface area contributed by atoms with Crippen molar-refractivity contribution in [1.29, 1.82) is 0 Å². The lowest BCUT2D eigenvalue weighted by Gasteiger charge is -2.22. The molecule has 0 aliphatic carbocycles. The molecule has 0 unspecified atom stereocenters. The van der Waals surface area contributed by atoms with E-state index in [1.54, 1.807) is 9.80 Å². The van der Waals surface area contributed by atoms with E-state index in [9.17, 15) is 19.3 Å². The SMILES string of the molecule is O=C(O)CN1CCCN(c2ccc(F)cc2[N+](=O)[O-])CC1. The summed E-state index contributed by atoms with van der Waals surface area (Å²) in [5.41, 5.74) is 0.111. The van der Waals surface area contributed by atoms with Crippen LogP contribution in [-0.2, 0) is 4.79 Å². The molecule has 0 radical (unpaired) electrons. The molecule has 1 aliphatic heterocycles. The van der Waals surface area contributed by atoms with Crippen molar-refractivity contribution >= 4 is 17.3 Å². The molecule has 0 bridgehead atoms. The third-order valence-corrected chi connectivity index (χ3v) is 3.42. The lowest BCUT2D eigenvalue weighted by Crippen LogP contribution is -2.34. The molecule has 1 saturated heterocycles. The number of carboxylic acids is 1. The van der Waals surface area contributed by atoms with Gasteiger partial charge in [-0.1, -0.05) is 0 Å². The summed E-state index contributed by atoms with van der Waals surface area (Å²) in [5.74, 6) is -1.54. The summed E-state index contributed by atoms with van der Waals surface area (Å²) in [6.45, 7) is 2.13. The van der Waals surface area contributed by atoms with E-state index in [1.165, 1.54) is 12.1 Å². The topological polar surface area (TPSA) is 86.9 Å². The van der Waals surface area contributed by atoms with Gasteiger partial charge in [-0.3, -0.25) is 19.8 Å². The van der Waals surface area contributed by atoms with Gasteiger partial charge in [0.2, 0.25) is 0 Å². The number of rotatable bonds is 4. The van der Waals surface area contributed by atoms with Crippen LogP contribution in [0.15, 0.2) is 18.2 Å². The van der Waals surface area contributed by atoms with Gasteiger partial charge in [-0.15, -0.1) is 0 Å². The third kappa shape index (κ3) is 3.88. The molecule has 1 aliphatic rings. The quantitative estimate of drug-likeness (QED) is 0.666. The van der Waals surface area contributed by atoms with Crippen molar-refractivity contribution in [1.82, 2.24) is 4.90 Å². The Balaban J connectivity index is 2.15. The zero-order valence-electron chi connectivity index (χ0n) is 11.4. The van der Waals surface area contributed by atoms with Crippen LogP contribution in [0.3, 0.4) is 0 Å². The second kappa shape index (κ2) is 6.49. The molecule has 0 atom stereocenters. The molecule has 0 amide bonds. The first-order valence-corrected chi connectivity index (χ1v) is 6.60. The van der Waals surface area contributed by atoms with Crippen LogP contribution in [0.2, 0.25) is 0 Å². The van der Waals surface area contributed by atoms with Crippen LogP contribution in [0.4, 0.5) is 15.8 Å². The second-order valence-corrected chi connectivity index (χ2v) is 4.90. The Hall–Kier alpha value is -2.22. The molecule has 2 rings (SSSR count). The number of carbonyl (C=O) groups is 1. The lowest BCUT2D eigenvalue weighted by atomic mass is 10.2. The summed E-state index contributed by atoms with van der Waals surface area (Å²) in [7, 11) is 0. The van der Waals surface area contributed by atoms with E-state index in [-0.39, 0.29) is 12.2 Å². The summed E-state index contributed by atoms with van der Waals surface area (Å²) in [6, 6.07) is 3.51. The van der Waals surface area contributed by atoms with Gasteiger partial charge in [-0.2, -0.15) is 0 Å². The maximum absolute atomic E-state index is 13.2. The van der Waals surface area contributed by atoms with Gasteiger partial charge in [0.15, 0.2) is 0 Å². The Morgan fingerprint density at radius 1 is 1.33 bits per heavy atom. The van der Waals surface area contributed by atoms with Gasteiger partial charge in [-0.25, -0.2) is 4.39 Å². The van der Waals surface area contributed by atoms with E-state index in [4.69, 9.17) is 5.11 Å². The minimum atomic E-state index is -0.892. The highest BCUT2D eigenvalue weighted by Crippen LogP contribution is 2.29. The molecule has 0 spiro atoms. The molecule has 1 heterocycles. The van der Waals surface area contributed by atoms with E-state index >= 15 is 0 Å². The molecule has 8 heteroatoms. The average molecular weight is 297 g/mol. The van der Waals surface area contributed by atoms with Gasteiger partial charge in [0.1, 0.15) is 11.5 Å².